The average molecular weight is 168 g/mol. The quantitative estimate of drug-likeness (QED) is 0.639. The Kier molecular flexibility index (Phi) is 5.11. The van der Waals surface area contributed by atoms with Crippen molar-refractivity contribution >= 4 is 5.91 Å². The second kappa shape index (κ2) is 5.59. The summed E-state index contributed by atoms with van der Waals surface area (Å²) in [4.78, 5) is 12.9. The van der Waals surface area contributed by atoms with Gasteiger partial charge in [0.2, 0.25) is 5.91 Å². The van der Waals surface area contributed by atoms with Gasteiger partial charge < -0.3 is 4.90 Å². The van der Waals surface area contributed by atoms with Gasteiger partial charge in [-0.2, -0.15) is 5.26 Å². The topological polar surface area (TPSA) is 44.1 Å². The Morgan fingerprint density at radius 1 is 1.50 bits per heavy atom. The first kappa shape index (κ1) is 11.0. The lowest BCUT2D eigenvalue weighted by molar-refractivity contribution is -0.131. The van der Waals surface area contributed by atoms with Crippen molar-refractivity contribution < 1.29 is 4.79 Å². The molecule has 0 saturated carbocycles. The molecule has 0 aliphatic carbocycles. The molecule has 0 aliphatic heterocycles. The SMILES string of the molecule is CCC(CC)N(C)C(=O)CC#N. The second-order valence-electron chi connectivity index (χ2n) is 2.81. The third-order valence-corrected chi connectivity index (χ3v) is 2.11. The summed E-state index contributed by atoms with van der Waals surface area (Å²) in [6, 6.07) is 2.14. The van der Waals surface area contributed by atoms with Gasteiger partial charge in [-0.25, -0.2) is 0 Å². The molecule has 68 valence electrons. The fourth-order valence-electron chi connectivity index (χ4n) is 1.23. The summed E-state index contributed by atoms with van der Waals surface area (Å²) in [6.45, 7) is 4.09. The zero-order chi connectivity index (χ0) is 9.56. The van der Waals surface area contributed by atoms with Gasteiger partial charge in [-0.3, -0.25) is 4.79 Å². The molecule has 0 saturated heterocycles. The highest BCUT2D eigenvalue weighted by atomic mass is 16.2. The van der Waals surface area contributed by atoms with Gasteiger partial charge in [-0.1, -0.05) is 13.8 Å². The van der Waals surface area contributed by atoms with Crippen LogP contribution in [0.25, 0.3) is 0 Å². The van der Waals surface area contributed by atoms with E-state index in [0.717, 1.165) is 12.8 Å². The normalized spacial score (nSPS) is 9.58. The number of nitrogens with zero attached hydrogens (tertiary/aromatic N) is 2. The minimum atomic E-state index is -0.0776. The highest BCUT2D eigenvalue weighted by Crippen LogP contribution is 2.06. The Morgan fingerprint density at radius 3 is 2.33 bits per heavy atom. The average Bonchev–Trinajstić information content (AvgIpc) is 2.07. The van der Waals surface area contributed by atoms with E-state index in [2.05, 4.69) is 0 Å². The smallest absolute Gasteiger partial charge is 0.236 e. The van der Waals surface area contributed by atoms with Crippen molar-refractivity contribution in [3.63, 3.8) is 0 Å². The van der Waals surface area contributed by atoms with Gasteiger partial charge in [-0.05, 0) is 12.8 Å². The van der Waals surface area contributed by atoms with E-state index in [0.29, 0.717) is 0 Å². The van der Waals surface area contributed by atoms with Gasteiger partial charge in [-0.15, -0.1) is 0 Å². The highest BCUT2D eigenvalue weighted by molar-refractivity contribution is 5.78. The Bertz CT molecular complexity index is 179. The van der Waals surface area contributed by atoms with Crippen LogP contribution >= 0.6 is 0 Å². The number of hydrogen-bond donors (Lipinski definition) is 0. The van der Waals surface area contributed by atoms with Crippen molar-refractivity contribution in [2.45, 2.75) is 39.2 Å². The van der Waals surface area contributed by atoms with Crippen LogP contribution in [-0.2, 0) is 4.79 Å². The van der Waals surface area contributed by atoms with Gasteiger partial charge in [0, 0.05) is 13.1 Å². The van der Waals surface area contributed by atoms with Gasteiger partial charge in [0.1, 0.15) is 6.42 Å². The van der Waals surface area contributed by atoms with E-state index in [1.165, 1.54) is 0 Å². The second-order valence-corrected chi connectivity index (χ2v) is 2.81. The largest absolute Gasteiger partial charge is 0.342 e. The maximum absolute atomic E-state index is 11.2. The standard InChI is InChI=1S/C9H16N2O/c1-4-8(5-2)11(3)9(12)6-7-10/h8H,4-6H2,1-3H3. The molecule has 0 heterocycles. The third kappa shape index (κ3) is 2.91. The molecule has 0 aromatic heterocycles. The summed E-state index contributed by atoms with van der Waals surface area (Å²) in [5.74, 6) is -0.0776. The molecule has 0 spiro atoms. The lowest BCUT2D eigenvalue weighted by Gasteiger charge is -2.25. The molecule has 0 rings (SSSR count). The molecule has 0 N–H and O–H groups in total. The number of amides is 1. The maximum Gasteiger partial charge on any atom is 0.236 e. The molecular formula is C9H16N2O. The van der Waals surface area contributed by atoms with E-state index in [4.69, 9.17) is 5.26 Å². The minimum absolute atomic E-state index is 0.00694. The van der Waals surface area contributed by atoms with Crippen molar-refractivity contribution in [1.82, 2.24) is 4.90 Å². The van der Waals surface area contributed by atoms with Crippen LogP contribution in [0.15, 0.2) is 0 Å². The number of carbonyl (C=O) groups is 1. The van der Waals surface area contributed by atoms with E-state index in [-0.39, 0.29) is 18.4 Å². The van der Waals surface area contributed by atoms with Crippen LogP contribution < -0.4 is 0 Å². The van der Waals surface area contributed by atoms with Crippen LogP contribution in [0.1, 0.15) is 33.1 Å². The summed E-state index contributed by atoms with van der Waals surface area (Å²) >= 11 is 0. The first-order valence-electron chi connectivity index (χ1n) is 4.29. The summed E-state index contributed by atoms with van der Waals surface area (Å²) in [5, 5.41) is 8.32. The van der Waals surface area contributed by atoms with Crippen LogP contribution in [-0.4, -0.2) is 23.9 Å². The van der Waals surface area contributed by atoms with Crippen molar-refractivity contribution in [2.24, 2.45) is 0 Å². The molecule has 3 heteroatoms. The summed E-state index contributed by atoms with van der Waals surface area (Å²) in [5.41, 5.74) is 0. The molecule has 12 heavy (non-hydrogen) atoms. The molecular weight excluding hydrogens is 152 g/mol. The van der Waals surface area contributed by atoms with E-state index in [1.54, 1.807) is 11.9 Å². The highest BCUT2D eigenvalue weighted by Gasteiger charge is 2.15. The predicted octanol–water partition coefficient (Wildman–Crippen LogP) is 1.55. The molecule has 0 aliphatic rings. The first-order chi connectivity index (χ1) is 5.67. The number of hydrogen-bond acceptors (Lipinski definition) is 2. The minimum Gasteiger partial charge on any atom is -0.342 e. The van der Waals surface area contributed by atoms with Crippen molar-refractivity contribution in [1.29, 1.82) is 5.26 Å². The fourth-order valence-corrected chi connectivity index (χ4v) is 1.23. The number of nitriles is 1. The van der Waals surface area contributed by atoms with Crippen molar-refractivity contribution in [2.75, 3.05) is 7.05 Å². The Balaban J connectivity index is 4.07. The monoisotopic (exact) mass is 168 g/mol. The van der Waals surface area contributed by atoms with Crippen LogP contribution in [0.3, 0.4) is 0 Å². The van der Waals surface area contributed by atoms with Crippen molar-refractivity contribution in [3.8, 4) is 6.07 Å². The molecule has 0 aromatic carbocycles. The molecule has 0 aromatic rings. The molecule has 0 atom stereocenters. The number of rotatable bonds is 4. The molecule has 1 amide bonds. The number of carbonyl (C=O) groups excluding carboxylic acids is 1. The summed E-state index contributed by atoms with van der Waals surface area (Å²) in [7, 11) is 1.76. The van der Waals surface area contributed by atoms with E-state index in [1.807, 2.05) is 19.9 Å². The van der Waals surface area contributed by atoms with Gasteiger partial charge >= 0.3 is 0 Å². The van der Waals surface area contributed by atoms with Gasteiger partial charge in [0.15, 0.2) is 0 Å². The Hall–Kier alpha value is -1.04. The van der Waals surface area contributed by atoms with Gasteiger partial charge in [0.25, 0.3) is 0 Å². The Morgan fingerprint density at radius 2 is 2.00 bits per heavy atom. The zero-order valence-corrected chi connectivity index (χ0v) is 8.00. The zero-order valence-electron chi connectivity index (χ0n) is 8.00. The van der Waals surface area contributed by atoms with Gasteiger partial charge in [0.05, 0.1) is 6.07 Å². The van der Waals surface area contributed by atoms with Crippen LogP contribution in [0.5, 0.6) is 0 Å². The summed E-state index contributed by atoms with van der Waals surface area (Å²) in [6.07, 6.45) is 1.89. The Labute approximate surface area is 74.0 Å². The van der Waals surface area contributed by atoms with E-state index < -0.39 is 0 Å². The molecule has 0 radical (unpaired) electrons. The predicted molar refractivity (Wildman–Crippen MR) is 47.4 cm³/mol. The lowest BCUT2D eigenvalue weighted by Crippen LogP contribution is -2.35. The van der Waals surface area contributed by atoms with E-state index in [9.17, 15) is 4.79 Å². The molecule has 3 nitrogen and oxygen atoms in total. The van der Waals surface area contributed by atoms with Crippen LogP contribution in [0.4, 0.5) is 0 Å². The third-order valence-electron chi connectivity index (χ3n) is 2.11. The summed E-state index contributed by atoms with van der Waals surface area (Å²) < 4.78 is 0. The van der Waals surface area contributed by atoms with E-state index >= 15 is 0 Å². The molecule has 0 bridgehead atoms. The molecule has 0 unspecified atom stereocenters. The fraction of sp³-hybridized carbons (Fsp3) is 0.778. The van der Waals surface area contributed by atoms with Crippen molar-refractivity contribution in [3.05, 3.63) is 0 Å². The lowest BCUT2D eigenvalue weighted by atomic mass is 10.1. The molecule has 0 fully saturated rings. The maximum atomic E-state index is 11.2. The van der Waals surface area contributed by atoms with Crippen LogP contribution in [0, 0.1) is 11.3 Å². The first-order valence-corrected chi connectivity index (χ1v) is 4.29. The van der Waals surface area contributed by atoms with Crippen LogP contribution in [0.2, 0.25) is 0 Å².